The highest BCUT2D eigenvalue weighted by Crippen LogP contribution is 2.55. The lowest BCUT2D eigenvalue weighted by Gasteiger charge is -2.63. The lowest BCUT2D eigenvalue weighted by atomic mass is 9.49. The van der Waals surface area contributed by atoms with Gasteiger partial charge >= 0.3 is 0 Å². The number of unbranched alkanes of at least 4 members (excludes halogenated alkanes) is 2. The van der Waals surface area contributed by atoms with Crippen LogP contribution in [0.15, 0.2) is 72.2 Å². The fourth-order valence-electron chi connectivity index (χ4n) is 9.67. The predicted molar refractivity (Wildman–Crippen MR) is 264 cm³/mol. The number of anilines is 1. The minimum atomic E-state index is -0.834. The van der Waals surface area contributed by atoms with E-state index in [1.807, 2.05) is 88.7 Å². The van der Waals surface area contributed by atoms with Crippen molar-refractivity contribution < 1.29 is 28.7 Å². The quantitative estimate of drug-likeness (QED) is 0.0669. The normalized spacial score (nSPS) is 19.9. The smallest absolute Gasteiger partial charge is 0.251 e. The van der Waals surface area contributed by atoms with Gasteiger partial charge < -0.3 is 35.6 Å². The molecule has 2 fully saturated rings. The average molecular weight is 953 g/mol. The molecule has 3 aromatic carbocycles. The van der Waals surface area contributed by atoms with Gasteiger partial charge in [-0.15, -0.1) is 11.3 Å². The fraction of sp³-hybridized carbons (Fsp3) is 0.500. The number of amides is 4. The summed E-state index contributed by atoms with van der Waals surface area (Å²) < 4.78 is 12.1. The standard InChI is InChI=1S/C52H66ClN7O6S/c1-32-25-41(46(63)56-28-34-13-15-35(16-14-34)43-33(2)57-31-67-43)60(29-32)47(64)44(50(3,4)5)58-42(61)30-65-24-12-10-11-23-55-38-20-17-36(18-21-38)45(62)59-48-51(6,7)49(52(48,8)9)66-39-22-19-37(27-54)40(53)26-39/h13-22,26,31-32,41,44,48-49,55H,10-12,23-25,28-30H2,1-9H3,(H,56,63)(H,58,61)(H,59,62)/t32-,41+,44-,48-,49-/m1/s1. The number of hydrogen-bond donors (Lipinski definition) is 4. The molecule has 4 aromatic rings. The molecular formula is C52H66ClN7O6S. The first kappa shape index (κ1) is 50.9. The highest BCUT2D eigenvalue weighted by molar-refractivity contribution is 7.13. The first-order valence-corrected chi connectivity index (χ1v) is 24.4. The van der Waals surface area contributed by atoms with Crippen LogP contribution in [0.1, 0.15) is 108 Å². The van der Waals surface area contributed by atoms with E-state index < -0.39 is 17.5 Å². The van der Waals surface area contributed by atoms with Crippen molar-refractivity contribution in [2.24, 2.45) is 22.2 Å². The lowest BCUT2D eigenvalue weighted by molar-refractivity contribution is -0.164. The number of rotatable bonds is 19. The molecule has 67 heavy (non-hydrogen) atoms. The summed E-state index contributed by atoms with van der Waals surface area (Å²) in [5.74, 6) is -0.283. The van der Waals surface area contributed by atoms with Gasteiger partial charge in [0.2, 0.25) is 17.7 Å². The Morgan fingerprint density at radius 1 is 0.985 bits per heavy atom. The van der Waals surface area contributed by atoms with Crippen LogP contribution in [0.4, 0.5) is 5.69 Å². The molecule has 0 bridgehead atoms. The van der Waals surface area contributed by atoms with E-state index in [1.54, 1.807) is 34.4 Å². The molecule has 6 rings (SSSR count). The van der Waals surface area contributed by atoms with Crippen molar-refractivity contribution in [3.63, 3.8) is 0 Å². The first-order chi connectivity index (χ1) is 31.7. The maximum absolute atomic E-state index is 14.1. The van der Waals surface area contributed by atoms with E-state index in [1.165, 1.54) is 0 Å². The molecule has 1 saturated heterocycles. The second kappa shape index (κ2) is 21.6. The number of nitrogens with zero attached hydrogens (tertiary/aromatic N) is 3. The molecule has 3 atom stereocenters. The average Bonchev–Trinajstić information content (AvgIpc) is 3.91. The Hall–Kier alpha value is -5.49. The molecule has 358 valence electrons. The zero-order valence-electron chi connectivity index (χ0n) is 40.3. The zero-order chi connectivity index (χ0) is 48.7. The summed E-state index contributed by atoms with van der Waals surface area (Å²) in [5.41, 5.74) is 5.38. The highest BCUT2D eigenvalue weighted by atomic mass is 35.5. The summed E-state index contributed by atoms with van der Waals surface area (Å²) in [6.45, 7) is 19.8. The highest BCUT2D eigenvalue weighted by Gasteiger charge is 2.64. The summed E-state index contributed by atoms with van der Waals surface area (Å²) >= 11 is 7.84. The number of ether oxygens (including phenoxy) is 2. The summed E-state index contributed by atoms with van der Waals surface area (Å²) in [4.78, 5) is 61.2. The summed E-state index contributed by atoms with van der Waals surface area (Å²) in [6.07, 6.45) is 2.87. The van der Waals surface area contributed by atoms with Gasteiger partial charge in [0.25, 0.3) is 5.91 Å². The van der Waals surface area contributed by atoms with Crippen LogP contribution in [0.5, 0.6) is 5.75 Å². The maximum Gasteiger partial charge on any atom is 0.251 e. The van der Waals surface area contributed by atoms with Gasteiger partial charge in [-0.05, 0) is 91.5 Å². The van der Waals surface area contributed by atoms with Crippen LogP contribution in [0.25, 0.3) is 10.4 Å². The molecular weight excluding hydrogens is 886 g/mol. The van der Waals surface area contributed by atoms with Crippen molar-refractivity contribution in [2.75, 3.05) is 31.6 Å². The van der Waals surface area contributed by atoms with Gasteiger partial charge in [0.1, 0.15) is 36.6 Å². The van der Waals surface area contributed by atoms with Crippen molar-refractivity contribution in [3.8, 4) is 22.3 Å². The maximum atomic E-state index is 14.1. The van der Waals surface area contributed by atoms with Crippen LogP contribution in [0.3, 0.4) is 0 Å². The van der Waals surface area contributed by atoms with Crippen LogP contribution in [0, 0.1) is 40.4 Å². The van der Waals surface area contributed by atoms with Crippen molar-refractivity contribution >= 4 is 52.3 Å². The molecule has 1 aliphatic carbocycles. The van der Waals surface area contributed by atoms with Crippen molar-refractivity contribution in [3.05, 3.63) is 99.6 Å². The molecule has 1 aliphatic heterocycles. The summed E-state index contributed by atoms with van der Waals surface area (Å²) in [7, 11) is 0. The number of halogens is 1. The number of thiazole rings is 1. The fourth-order valence-corrected chi connectivity index (χ4v) is 10.7. The van der Waals surface area contributed by atoms with Gasteiger partial charge in [0.05, 0.1) is 26.7 Å². The first-order valence-electron chi connectivity index (χ1n) is 23.2. The third-order valence-corrected chi connectivity index (χ3v) is 14.3. The SMILES string of the molecule is Cc1ncsc1-c1ccc(CNC(=O)[C@@H]2C[C@@H](C)CN2C(=O)[C@@H](NC(=O)COCCCCCNc2ccc(C(=O)N[C@H]3C(C)(C)[C@H](Oc4ccc(C#N)c(Cl)c4)C3(C)C)cc2)C(C)(C)C)cc1. The number of benzene rings is 3. The molecule has 0 unspecified atom stereocenters. The number of nitrogens with one attached hydrogen (secondary N) is 4. The Morgan fingerprint density at radius 2 is 1.69 bits per heavy atom. The number of carbonyl (C=O) groups is 4. The van der Waals surface area contributed by atoms with Crippen LogP contribution >= 0.6 is 22.9 Å². The molecule has 13 nitrogen and oxygen atoms in total. The second-order valence-electron chi connectivity index (χ2n) is 20.3. The number of hydrogen-bond acceptors (Lipinski definition) is 10. The number of aryl methyl sites for hydroxylation is 1. The van der Waals surface area contributed by atoms with Crippen molar-refractivity contribution in [2.45, 2.75) is 119 Å². The van der Waals surface area contributed by atoms with Crippen LogP contribution < -0.4 is 26.0 Å². The Morgan fingerprint density at radius 3 is 2.31 bits per heavy atom. The number of likely N-dealkylation sites (tertiary alicyclic amines) is 1. The van der Waals surface area contributed by atoms with Gasteiger partial charge in [-0.3, -0.25) is 19.2 Å². The third kappa shape index (κ3) is 12.4. The van der Waals surface area contributed by atoms with Crippen molar-refractivity contribution in [1.82, 2.24) is 25.8 Å². The van der Waals surface area contributed by atoms with Gasteiger partial charge in [0.15, 0.2) is 0 Å². The van der Waals surface area contributed by atoms with Crippen molar-refractivity contribution in [1.29, 1.82) is 5.26 Å². The van der Waals surface area contributed by atoms with Crippen LogP contribution in [-0.4, -0.2) is 84.0 Å². The number of aromatic nitrogens is 1. The van der Waals surface area contributed by atoms with E-state index in [9.17, 15) is 24.4 Å². The van der Waals surface area contributed by atoms with E-state index in [2.05, 4.69) is 60.0 Å². The molecule has 2 heterocycles. The van der Waals surface area contributed by atoms with Gasteiger partial charge in [-0.1, -0.05) is 91.3 Å². The lowest BCUT2D eigenvalue weighted by Crippen LogP contribution is -2.74. The van der Waals surface area contributed by atoms with Crippen LogP contribution in [0.2, 0.25) is 5.02 Å². The van der Waals surface area contributed by atoms with Gasteiger partial charge in [-0.2, -0.15) is 5.26 Å². The Labute approximate surface area is 404 Å². The zero-order valence-corrected chi connectivity index (χ0v) is 41.8. The number of nitriles is 1. The minimum Gasteiger partial charge on any atom is -0.489 e. The van der Waals surface area contributed by atoms with E-state index in [0.29, 0.717) is 48.0 Å². The Bertz CT molecular complexity index is 2410. The molecule has 4 N–H and O–H groups in total. The summed E-state index contributed by atoms with van der Waals surface area (Å²) in [5, 5.41) is 22.2. The molecule has 4 amide bonds. The summed E-state index contributed by atoms with van der Waals surface area (Å²) in [6, 6.07) is 21.0. The number of carbonyl (C=O) groups excluding carboxylic acids is 4. The third-order valence-electron chi connectivity index (χ3n) is 13.0. The molecule has 15 heteroatoms. The Kier molecular flexibility index (Phi) is 16.4. The van der Waals surface area contributed by atoms with E-state index in [-0.39, 0.29) is 59.1 Å². The minimum absolute atomic E-state index is 0.134. The Balaban J connectivity index is 0.878. The van der Waals surface area contributed by atoms with Gasteiger partial charge in [-0.25, -0.2) is 4.98 Å². The van der Waals surface area contributed by atoms with E-state index in [4.69, 9.17) is 21.1 Å². The topological polar surface area (TPSA) is 175 Å². The molecule has 1 saturated carbocycles. The molecule has 0 radical (unpaired) electrons. The largest absolute Gasteiger partial charge is 0.489 e. The molecule has 0 spiro atoms. The second-order valence-corrected chi connectivity index (χ2v) is 21.6. The van der Waals surface area contributed by atoms with E-state index >= 15 is 0 Å². The van der Waals surface area contributed by atoms with Gasteiger partial charge in [0, 0.05) is 60.4 Å². The monoisotopic (exact) mass is 951 g/mol. The predicted octanol–water partition coefficient (Wildman–Crippen LogP) is 8.94. The molecule has 2 aliphatic rings. The molecule has 1 aromatic heterocycles. The van der Waals surface area contributed by atoms with Crippen LogP contribution in [-0.2, 0) is 25.7 Å². The van der Waals surface area contributed by atoms with E-state index in [0.717, 1.165) is 53.2 Å².